The van der Waals surface area contributed by atoms with E-state index in [0.29, 0.717) is 0 Å². The van der Waals surface area contributed by atoms with Crippen LogP contribution in [0.2, 0.25) is 0 Å². The molecule has 25 heavy (non-hydrogen) atoms. The van der Waals surface area contributed by atoms with Crippen LogP contribution in [0.25, 0.3) is 0 Å². The van der Waals surface area contributed by atoms with Crippen molar-refractivity contribution in [3.8, 4) is 0 Å². The van der Waals surface area contributed by atoms with Crippen molar-refractivity contribution >= 4 is 28.6 Å². The molecule has 0 aliphatic carbocycles. The Morgan fingerprint density at radius 1 is 0.640 bits per heavy atom. The van der Waals surface area contributed by atoms with E-state index in [9.17, 15) is 0 Å². The van der Waals surface area contributed by atoms with Crippen LogP contribution in [0.5, 0.6) is 0 Å². The van der Waals surface area contributed by atoms with Crippen LogP contribution >= 0.6 is 7.26 Å². The zero-order valence-electron chi connectivity index (χ0n) is 13.8. The van der Waals surface area contributed by atoms with Crippen molar-refractivity contribution in [3.63, 3.8) is 0 Å². The van der Waals surface area contributed by atoms with Gasteiger partial charge in [-0.15, -0.1) is 5.10 Å². The molecule has 1 aliphatic heterocycles. The number of nitrogens with zero attached hydrogens (tertiary/aromatic N) is 1. The molecule has 4 rings (SSSR count). The minimum atomic E-state index is -1.91. The fourth-order valence-electron chi connectivity index (χ4n) is 3.46. The van der Waals surface area contributed by atoms with E-state index in [4.69, 9.17) is 5.10 Å². The number of hydrogen-bond donors (Lipinski definition) is 1. The van der Waals surface area contributed by atoms with E-state index in [1.807, 2.05) is 0 Å². The maximum atomic E-state index is 4.75. The van der Waals surface area contributed by atoms with Gasteiger partial charge in [0, 0.05) is 13.0 Å². The number of nitrogens with one attached hydrogen (secondary N) is 1. The summed E-state index contributed by atoms with van der Waals surface area (Å²) in [7, 11) is -1.91. The van der Waals surface area contributed by atoms with Crippen LogP contribution in [0.4, 0.5) is 0 Å². The topological polar surface area (TPSA) is 24.4 Å². The second-order valence-corrected chi connectivity index (χ2v) is 9.27. The van der Waals surface area contributed by atoms with Gasteiger partial charge in [0.15, 0.2) is 12.7 Å². The Morgan fingerprint density at radius 2 is 1.04 bits per heavy atom. The van der Waals surface area contributed by atoms with Crippen molar-refractivity contribution in [2.45, 2.75) is 6.42 Å². The van der Waals surface area contributed by atoms with Gasteiger partial charge in [0.1, 0.15) is 15.9 Å². The summed E-state index contributed by atoms with van der Waals surface area (Å²) >= 11 is 0. The van der Waals surface area contributed by atoms with Crippen LogP contribution in [0, 0.1) is 0 Å². The Kier molecular flexibility index (Phi) is 5.67. The number of hydrogen-bond acceptors (Lipinski definition) is 2. The van der Waals surface area contributed by atoms with Gasteiger partial charge < -0.3 is 22.4 Å². The van der Waals surface area contributed by atoms with Gasteiger partial charge in [-0.3, -0.25) is 0 Å². The molecule has 4 heteroatoms. The average Bonchev–Trinajstić information content (AvgIpc) is 3.20. The summed E-state index contributed by atoms with van der Waals surface area (Å²) in [5.74, 6) is 0. The van der Waals surface area contributed by atoms with Crippen molar-refractivity contribution in [1.82, 2.24) is 5.43 Å². The van der Waals surface area contributed by atoms with Crippen molar-refractivity contribution in [2.75, 3.05) is 6.54 Å². The number of halogens is 1. The molecule has 126 valence electrons. The van der Waals surface area contributed by atoms with E-state index in [0.717, 1.165) is 13.0 Å². The average molecular weight is 411 g/mol. The van der Waals surface area contributed by atoms with Gasteiger partial charge in [-0.25, -0.2) is 0 Å². The number of benzene rings is 3. The summed E-state index contributed by atoms with van der Waals surface area (Å²) in [5.41, 5.74) is 4.49. The molecule has 0 saturated heterocycles. The molecule has 0 saturated carbocycles. The van der Waals surface area contributed by atoms with Gasteiger partial charge in [-0.05, 0) is 36.4 Å². The second kappa shape index (κ2) is 7.95. The van der Waals surface area contributed by atoms with Crippen molar-refractivity contribution in [2.24, 2.45) is 5.10 Å². The molecule has 0 aromatic heterocycles. The molecule has 1 aliphatic rings. The predicted molar refractivity (Wildman–Crippen MR) is 105 cm³/mol. The Balaban J connectivity index is 0.00000182. The molecule has 0 radical (unpaired) electrons. The molecule has 0 unspecified atom stereocenters. The van der Waals surface area contributed by atoms with Crippen LogP contribution in [0.3, 0.4) is 0 Å². The molecule has 3 aromatic rings. The summed E-state index contributed by atoms with van der Waals surface area (Å²) < 4.78 is 0. The van der Waals surface area contributed by atoms with Crippen LogP contribution in [-0.4, -0.2) is 12.0 Å². The first-order valence-corrected chi connectivity index (χ1v) is 10.1. The van der Waals surface area contributed by atoms with Gasteiger partial charge in [-0.2, -0.15) is 0 Å². The molecule has 0 bridgehead atoms. The standard InChI is InChI=1S/C21H20N2P.BrH/c1-4-10-18(11-5-1)24(21-16-17-22-23-21,19-12-6-2-7-13-19)20-14-8-3-9-15-20;/h1-15,22H,16-17H2;1H/q+1;/p-1. The van der Waals surface area contributed by atoms with E-state index >= 15 is 0 Å². The highest BCUT2D eigenvalue weighted by atomic mass is 79.9. The van der Waals surface area contributed by atoms with E-state index < -0.39 is 7.26 Å². The van der Waals surface area contributed by atoms with Gasteiger partial charge in [0.2, 0.25) is 0 Å². The third-order valence-electron chi connectivity index (χ3n) is 4.49. The zero-order valence-corrected chi connectivity index (χ0v) is 16.3. The van der Waals surface area contributed by atoms with Crippen LogP contribution in [0.15, 0.2) is 96.1 Å². The lowest BCUT2D eigenvalue weighted by Gasteiger charge is -2.26. The Hall–Kier alpha value is -1.96. The summed E-state index contributed by atoms with van der Waals surface area (Å²) in [5, 5.41) is 8.85. The highest BCUT2D eigenvalue weighted by Gasteiger charge is 2.51. The lowest BCUT2D eigenvalue weighted by atomic mass is 10.3. The lowest BCUT2D eigenvalue weighted by molar-refractivity contribution is -0.00000465. The summed E-state index contributed by atoms with van der Waals surface area (Å²) in [6.07, 6.45) is 0.993. The molecule has 1 heterocycles. The first kappa shape index (κ1) is 17.8. The molecule has 0 spiro atoms. The van der Waals surface area contributed by atoms with Crippen LogP contribution < -0.4 is 38.3 Å². The van der Waals surface area contributed by atoms with E-state index in [1.165, 1.54) is 21.4 Å². The molecule has 0 fully saturated rings. The highest BCUT2D eigenvalue weighted by molar-refractivity contribution is 8.08. The van der Waals surface area contributed by atoms with Gasteiger partial charge in [0.25, 0.3) is 0 Å². The highest BCUT2D eigenvalue weighted by Crippen LogP contribution is 2.57. The Labute approximate surface area is 160 Å². The summed E-state index contributed by atoms with van der Waals surface area (Å²) in [6.45, 7) is 0.920. The number of rotatable bonds is 4. The molecule has 0 amide bonds. The molecular formula is C21H20BrN2P. The molecule has 2 nitrogen and oxygen atoms in total. The summed E-state index contributed by atoms with van der Waals surface area (Å²) in [4.78, 5) is 0. The normalized spacial score (nSPS) is 13.5. The summed E-state index contributed by atoms with van der Waals surface area (Å²) in [6, 6.07) is 32.6. The van der Waals surface area contributed by atoms with E-state index in [1.54, 1.807) is 0 Å². The van der Waals surface area contributed by atoms with Crippen molar-refractivity contribution in [1.29, 1.82) is 0 Å². The monoisotopic (exact) mass is 410 g/mol. The first-order chi connectivity index (χ1) is 11.9. The van der Waals surface area contributed by atoms with Crippen molar-refractivity contribution in [3.05, 3.63) is 91.0 Å². The minimum Gasteiger partial charge on any atom is -1.00 e. The van der Waals surface area contributed by atoms with Gasteiger partial charge in [-0.1, -0.05) is 54.6 Å². The van der Waals surface area contributed by atoms with E-state index in [-0.39, 0.29) is 17.0 Å². The van der Waals surface area contributed by atoms with Gasteiger partial charge in [0.05, 0.1) is 0 Å². The maximum Gasteiger partial charge on any atom is 0.194 e. The Bertz CT molecular complexity index is 739. The Morgan fingerprint density at radius 3 is 1.36 bits per heavy atom. The zero-order chi connectivity index (χ0) is 16.2. The third-order valence-corrected chi connectivity index (χ3v) is 8.80. The molecular weight excluding hydrogens is 391 g/mol. The fraction of sp³-hybridized carbons (Fsp3) is 0.0952. The van der Waals surface area contributed by atoms with Crippen LogP contribution in [-0.2, 0) is 0 Å². The molecule has 0 atom stereocenters. The largest absolute Gasteiger partial charge is 1.00 e. The SMILES string of the molecule is [Br-].c1ccc([P+](C2=NNCC2)(c2ccccc2)c2ccccc2)cc1. The quantitative estimate of drug-likeness (QED) is 0.614. The maximum absolute atomic E-state index is 4.75. The second-order valence-electron chi connectivity index (χ2n) is 5.86. The predicted octanol–water partition coefficient (Wildman–Crippen LogP) is 0.291. The smallest absolute Gasteiger partial charge is 0.194 e. The van der Waals surface area contributed by atoms with Crippen molar-refractivity contribution < 1.29 is 17.0 Å². The molecule has 1 N–H and O–H groups in total. The minimum absolute atomic E-state index is 0. The first-order valence-electron chi connectivity index (χ1n) is 8.28. The number of hydrazone groups is 1. The molecule has 3 aromatic carbocycles. The fourth-order valence-corrected chi connectivity index (χ4v) is 7.78. The van der Waals surface area contributed by atoms with Gasteiger partial charge >= 0.3 is 0 Å². The van der Waals surface area contributed by atoms with E-state index in [2.05, 4.69) is 96.4 Å². The van der Waals surface area contributed by atoms with Crippen LogP contribution in [0.1, 0.15) is 6.42 Å². The lowest BCUT2D eigenvalue weighted by Crippen LogP contribution is -3.00. The third kappa shape index (κ3) is 3.15.